The molecule has 122 valence electrons. The Balaban J connectivity index is 1.90. The summed E-state index contributed by atoms with van der Waals surface area (Å²) in [7, 11) is 0. The van der Waals surface area contributed by atoms with E-state index in [9.17, 15) is 0 Å². The van der Waals surface area contributed by atoms with E-state index >= 15 is 0 Å². The molecule has 0 N–H and O–H groups in total. The van der Waals surface area contributed by atoms with E-state index in [0.29, 0.717) is 0 Å². The highest BCUT2D eigenvalue weighted by Gasteiger charge is 2.17. The van der Waals surface area contributed by atoms with Crippen LogP contribution in [0.15, 0.2) is 91.0 Å². The summed E-state index contributed by atoms with van der Waals surface area (Å²) >= 11 is 0. The molecule has 0 unspecified atom stereocenters. The van der Waals surface area contributed by atoms with Crippen LogP contribution in [0, 0.1) is 6.92 Å². The molecule has 0 bridgehead atoms. The van der Waals surface area contributed by atoms with Crippen molar-refractivity contribution >= 4 is 0 Å². The van der Waals surface area contributed by atoms with E-state index in [2.05, 4.69) is 96.4 Å². The van der Waals surface area contributed by atoms with Gasteiger partial charge in [-0.15, -0.1) is 0 Å². The van der Waals surface area contributed by atoms with Crippen molar-refractivity contribution in [2.45, 2.75) is 13.5 Å². The first-order valence-electron chi connectivity index (χ1n) is 8.55. The van der Waals surface area contributed by atoms with Gasteiger partial charge in [0.25, 0.3) is 0 Å². The van der Waals surface area contributed by atoms with Crippen molar-refractivity contribution in [2.75, 3.05) is 0 Å². The molecule has 4 aromatic rings. The Hall–Kier alpha value is -3.13. The highest BCUT2D eigenvalue weighted by Crippen LogP contribution is 2.33. The minimum Gasteiger partial charge on any atom is -0.323 e. The Kier molecular flexibility index (Phi) is 4.17. The van der Waals surface area contributed by atoms with Crippen molar-refractivity contribution < 1.29 is 0 Å². The summed E-state index contributed by atoms with van der Waals surface area (Å²) < 4.78 is 2.31. The Morgan fingerprint density at radius 1 is 0.680 bits per heavy atom. The summed E-state index contributed by atoms with van der Waals surface area (Å²) in [6, 6.07) is 31.5. The average Bonchev–Trinajstić information content (AvgIpc) is 3.00. The van der Waals surface area contributed by atoms with Crippen LogP contribution in [0.4, 0.5) is 0 Å². The van der Waals surface area contributed by atoms with Gasteiger partial charge in [-0.2, -0.15) is 0 Å². The van der Waals surface area contributed by atoms with Gasteiger partial charge in [-0.1, -0.05) is 91.0 Å². The van der Waals surface area contributed by atoms with Crippen LogP contribution < -0.4 is 0 Å². The number of rotatable bonds is 4. The highest BCUT2D eigenvalue weighted by atomic mass is 15.1. The molecule has 2 heteroatoms. The van der Waals surface area contributed by atoms with E-state index in [1.807, 2.05) is 6.07 Å². The molecule has 0 aliphatic heterocycles. The molecule has 0 fully saturated rings. The fourth-order valence-corrected chi connectivity index (χ4v) is 3.21. The largest absolute Gasteiger partial charge is 0.323 e. The molecule has 2 nitrogen and oxygen atoms in total. The van der Waals surface area contributed by atoms with Crippen molar-refractivity contribution in [1.29, 1.82) is 0 Å². The molecule has 0 saturated carbocycles. The van der Waals surface area contributed by atoms with Gasteiger partial charge in [0, 0.05) is 17.7 Å². The number of hydrogen-bond donors (Lipinski definition) is 0. The van der Waals surface area contributed by atoms with Gasteiger partial charge in [-0.3, -0.25) is 0 Å². The van der Waals surface area contributed by atoms with Crippen molar-refractivity contribution in [3.63, 3.8) is 0 Å². The number of aromatic nitrogens is 2. The highest BCUT2D eigenvalue weighted by molar-refractivity contribution is 5.79. The molecule has 25 heavy (non-hydrogen) atoms. The zero-order valence-corrected chi connectivity index (χ0v) is 14.3. The lowest BCUT2D eigenvalue weighted by molar-refractivity contribution is 0.768. The van der Waals surface area contributed by atoms with Crippen LogP contribution in [0.5, 0.6) is 0 Å². The van der Waals surface area contributed by atoms with E-state index in [1.54, 1.807) is 0 Å². The molecule has 4 rings (SSSR count). The van der Waals surface area contributed by atoms with E-state index in [4.69, 9.17) is 4.98 Å². The van der Waals surface area contributed by atoms with E-state index in [0.717, 1.165) is 23.6 Å². The van der Waals surface area contributed by atoms with Crippen molar-refractivity contribution in [1.82, 2.24) is 9.55 Å². The summed E-state index contributed by atoms with van der Waals surface area (Å²) in [5, 5.41) is 0. The monoisotopic (exact) mass is 324 g/mol. The molecule has 0 spiro atoms. The summed E-state index contributed by atoms with van der Waals surface area (Å²) in [5.74, 6) is 1.03. The second kappa shape index (κ2) is 6.78. The molecule has 0 aliphatic carbocycles. The number of hydrogen-bond acceptors (Lipinski definition) is 1. The van der Waals surface area contributed by atoms with Crippen LogP contribution in [0.25, 0.3) is 22.5 Å². The zero-order valence-electron chi connectivity index (χ0n) is 14.3. The fraction of sp³-hybridized carbons (Fsp3) is 0.0870. The van der Waals surface area contributed by atoms with Crippen LogP contribution in [-0.4, -0.2) is 9.55 Å². The number of imidazole rings is 1. The zero-order chi connectivity index (χ0) is 17.1. The summed E-state index contributed by atoms with van der Waals surface area (Å²) in [5.41, 5.74) is 5.84. The molecular formula is C23H20N2. The Morgan fingerprint density at radius 3 is 1.80 bits per heavy atom. The summed E-state index contributed by atoms with van der Waals surface area (Å²) in [6.07, 6.45) is 0. The molecule has 0 aliphatic rings. The second-order valence-electron chi connectivity index (χ2n) is 6.16. The molecule has 1 aromatic heterocycles. The molecule has 3 aromatic carbocycles. The Labute approximate surface area is 148 Å². The molecule has 0 radical (unpaired) electrons. The van der Waals surface area contributed by atoms with Crippen LogP contribution in [0.3, 0.4) is 0 Å². The Bertz CT molecular complexity index is 955. The van der Waals surface area contributed by atoms with E-state index < -0.39 is 0 Å². The minimum atomic E-state index is 0.816. The molecule has 0 amide bonds. The van der Waals surface area contributed by atoms with E-state index in [1.165, 1.54) is 16.8 Å². The molecule has 1 heterocycles. The number of benzene rings is 3. The molecule has 0 saturated heterocycles. The molecule has 0 atom stereocenters. The first-order chi connectivity index (χ1) is 12.3. The lowest BCUT2D eigenvalue weighted by Gasteiger charge is -2.12. The first-order valence-corrected chi connectivity index (χ1v) is 8.55. The van der Waals surface area contributed by atoms with Crippen LogP contribution in [0.1, 0.15) is 11.4 Å². The fourth-order valence-electron chi connectivity index (χ4n) is 3.21. The van der Waals surface area contributed by atoms with Crippen LogP contribution in [-0.2, 0) is 6.54 Å². The predicted molar refractivity (Wildman–Crippen MR) is 103 cm³/mol. The van der Waals surface area contributed by atoms with Gasteiger partial charge in [-0.05, 0) is 12.5 Å². The molecular weight excluding hydrogens is 304 g/mol. The van der Waals surface area contributed by atoms with Gasteiger partial charge in [0.2, 0.25) is 0 Å². The summed E-state index contributed by atoms with van der Waals surface area (Å²) in [6.45, 7) is 2.90. The maximum absolute atomic E-state index is 4.92. The van der Waals surface area contributed by atoms with Crippen molar-refractivity contribution in [3.8, 4) is 22.5 Å². The van der Waals surface area contributed by atoms with Gasteiger partial charge in [0.05, 0.1) is 11.4 Å². The van der Waals surface area contributed by atoms with Crippen molar-refractivity contribution in [3.05, 3.63) is 102 Å². The quantitative estimate of drug-likeness (QED) is 0.479. The smallest absolute Gasteiger partial charge is 0.107 e. The van der Waals surface area contributed by atoms with Crippen LogP contribution in [0.2, 0.25) is 0 Å². The third-order valence-corrected chi connectivity index (χ3v) is 4.44. The first kappa shape index (κ1) is 15.4. The lowest BCUT2D eigenvalue weighted by Crippen LogP contribution is -2.04. The number of nitrogens with zero attached hydrogens (tertiary/aromatic N) is 2. The standard InChI is InChI=1S/C23H20N2/c1-18-24-22(20-13-7-3-8-14-20)23(21-15-9-4-10-16-21)25(18)17-19-11-5-2-6-12-19/h2-16H,17H2,1H3. The third kappa shape index (κ3) is 3.11. The SMILES string of the molecule is Cc1nc(-c2ccccc2)c(-c2ccccc2)n1Cc1ccccc1. The van der Waals surface area contributed by atoms with Gasteiger partial charge in [-0.25, -0.2) is 4.98 Å². The predicted octanol–water partition coefficient (Wildman–Crippen LogP) is 5.57. The van der Waals surface area contributed by atoms with Gasteiger partial charge in [0.1, 0.15) is 5.82 Å². The maximum Gasteiger partial charge on any atom is 0.107 e. The van der Waals surface area contributed by atoms with Gasteiger partial charge < -0.3 is 4.57 Å². The Morgan fingerprint density at radius 2 is 1.20 bits per heavy atom. The normalized spacial score (nSPS) is 10.8. The topological polar surface area (TPSA) is 17.8 Å². The van der Waals surface area contributed by atoms with Crippen molar-refractivity contribution in [2.24, 2.45) is 0 Å². The summed E-state index contributed by atoms with van der Waals surface area (Å²) in [4.78, 5) is 4.92. The van der Waals surface area contributed by atoms with Crippen LogP contribution >= 0.6 is 0 Å². The maximum atomic E-state index is 4.92. The minimum absolute atomic E-state index is 0.816. The number of aryl methyl sites for hydroxylation is 1. The van der Waals surface area contributed by atoms with E-state index in [-0.39, 0.29) is 0 Å². The average molecular weight is 324 g/mol. The third-order valence-electron chi connectivity index (χ3n) is 4.44. The lowest BCUT2D eigenvalue weighted by atomic mass is 10.0. The van der Waals surface area contributed by atoms with Gasteiger partial charge >= 0.3 is 0 Å². The second-order valence-corrected chi connectivity index (χ2v) is 6.16. The van der Waals surface area contributed by atoms with Gasteiger partial charge in [0.15, 0.2) is 0 Å².